The third-order valence-corrected chi connectivity index (χ3v) is 2.72. The van der Waals surface area contributed by atoms with Crippen molar-refractivity contribution < 1.29 is 9.18 Å². The highest BCUT2D eigenvalue weighted by Crippen LogP contribution is 2.17. The molecule has 1 amide bonds. The number of hydrogen-bond acceptors (Lipinski definition) is 3. The molecular formula is C16H14FN3O. The van der Waals surface area contributed by atoms with Gasteiger partial charge in [0.05, 0.1) is 24.0 Å². The first kappa shape index (κ1) is 14.7. The largest absolute Gasteiger partial charge is 0.321 e. The van der Waals surface area contributed by atoms with Gasteiger partial charge >= 0.3 is 0 Å². The second-order valence-electron chi connectivity index (χ2n) is 4.40. The molecule has 0 fully saturated rings. The van der Waals surface area contributed by atoms with Crippen LogP contribution in [0.15, 0.2) is 36.7 Å². The lowest BCUT2D eigenvalue weighted by Crippen LogP contribution is -2.13. The van der Waals surface area contributed by atoms with E-state index in [2.05, 4.69) is 22.1 Å². The molecule has 0 saturated carbocycles. The van der Waals surface area contributed by atoms with E-state index in [1.165, 1.54) is 6.20 Å². The summed E-state index contributed by atoms with van der Waals surface area (Å²) in [5.74, 6) is 4.63. The molecule has 0 aliphatic rings. The average molecular weight is 283 g/mol. The number of nitrogens with zero attached hydrogens (tertiary/aromatic N) is 1. The van der Waals surface area contributed by atoms with Crippen LogP contribution in [0.25, 0.3) is 0 Å². The van der Waals surface area contributed by atoms with Crippen molar-refractivity contribution in [2.24, 2.45) is 5.73 Å². The van der Waals surface area contributed by atoms with Crippen molar-refractivity contribution in [1.82, 2.24) is 4.98 Å². The highest BCUT2D eigenvalue weighted by molar-refractivity contribution is 6.04. The zero-order chi connectivity index (χ0) is 15.2. The van der Waals surface area contributed by atoms with Crippen LogP contribution in [0, 0.1) is 24.6 Å². The summed E-state index contributed by atoms with van der Waals surface area (Å²) >= 11 is 0. The van der Waals surface area contributed by atoms with Crippen LogP contribution in [0.1, 0.15) is 21.5 Å². The van der Waals surface area contributed by atoms with E-state index in [1.807, 2.05) is 13.0 Å². The fraction of sp³-hybridized carbons (Fsp3) is 0.125. The number of benzene rings is 1. The van der Waals surface area contributed by atoms with Gasteiger partial charge < -0.3 is 11.1 Å². The molecule has 21 heavy (non-hydrogen) atoms. The van der Waals surface area contributed by atoms with Crippen LogP contribution in [-0.2, 0) is 0 Å². The fourth-order valence-corrected chi connectivity index (χ4v) is 1.75. The van der Waals surface area contributed by atoms with Crippen LogP contribution in [-0.4, -0.2) is 17.4 Å². The first-order chi connectivity index (χ1) is 10.1. The molecule has 2 aromatic rings. The predicted molar refractivity (Wildman–Crippen MR) is 79.3 cm³/mol. The van der Waals surface area contributed by atoms with E-state index >= 15 is 0 Å². The average Bonchev–Trinajstić information content (AvgIpc) is 2.46. The van der Waals surface area contributed by atoms with Crippen molar-refractivity contribution in [3.05, 3.63) is 59.2 Å². The summed E-state index contributed by atoms with van der Waals surface area (Å²) in [6.07, 6.45) is 2.35. The van der Waals surface area contributed by atoms with Crippen molar-refractivity contribution in [1.29, 1.82) is 0 Å². The highest BCUT2D eigenvalue weighted by Gasteiger charge is 2.10. The van der Waals surface area contributed by atoms with Crippen LogP contribution in [0.3, 0.4) is 0 Å². The highest BCUT2D eigenvalue weighted by atomic mass is 19.1. The Morgan fingerprint density at radius 3 is 2.90 bits per heavy atom. The lowest BCUT2D eigenvalue weighted by atomic mass is 10.1. The van der Waals surface area contributed by atoms with E-state index in [-0.39, 0.29) is 12.1 Å². The van der Waals surface area contributed by atoms with Gasteiger partial charge in [-0.15, -0.1) is 0 Å². The summed E-state index contributed by atoms with van der Waals surface area (Å²) in [6, 6.07) is 6.62. The molecule has 2 rings (SSSR count). The van der Waals surface area contributed by atoms with Gasteiger partial charge in [0.15, 0.2) is 0 Å². The van der Waals surface area contributed by atoms with E-state index in [0.717, 1.165) is 17.8 Å². The molecule has 0 saturated heterocycles. The van der Waals surface area contributed by atoms with Crippen LogP contribution in [0.5, 0.6) is 0 Å². The molecule has 0 spiro atoms. The number of nitrogens with two attached hydrogens (primary N) is 1. The molecular weight excluding hydrogens is 269 g/mol. The van der Waals surface area contributed by atoms with Crippen molar-refractivity contribution in [2.75, 3.05) is 11.9 Å². The number of aromatic nitrogens is 1. The zero-order valence-electron chi connectivity index (χ0n) is 11.5. The Bertz CT molecular complexity index is 732. The molecule has 0 bridgehead atoms. The zero-order valence-corrected chi connectivity index (χ0v) is 11.5. The quantitative estimate of drug-likeness (QED) is 0.829. The minimum Gasteiger partial charge on any atom is -0.321 e. The molecule has 1 aromatic heterocycles. The standard InChI is InChI=1S/C16H14FN3O/c1-11-4-5-12(3-2-6-18)15(7-11)20-16(21)13-8-14(17)10-19-9-13/h4-5,7-10H,6,18H2,1H3,(H,20,21). The molecule has 0 unspecified atom stereocenters. The Morgan fingerprint density at radius 1 is 1.38 bits per heavy atom. The molecule has 106 valence electrons. The summed E-state index contributed by atoms with van der Waals surface area (Å²) in [5.41, 5.74) is 7.69. The number of anilines is 1. The maximum atomic E-state index is 13.1. The molecule has 3 N–H and O–H groups in total. The predicted octanol–water partition coefficient (Wildman–Crippen LogP) is 2.09. The second kappa shape index (κ2) is 6.64. The first-order valence-electron chi connectivity index (χ1n) is 6.31. The minimum atomic E-state index is -0.560. The van der Waals surface area contributed by atoms with Crippen LogP contribution in [0.4, 0.5) is 10.1 Å². The van der Waals surface area contributed by atoms with Gasteiger partial charge in [0.1, 0.15) is 5.82 Å². The number of hydrogen-bond donors (Lipinski definition) is 2. The van der Waals surface area contributed by atoms with E-state index < -0.39 is 11.7 Å². The smallest absolute Gasteiger partial charge is 0.257 e. The van der Waals surface area contributed by atoms with Crippen molar-refractivity contribution in [3.8, 4) is 11.8 Å². The number of aryl methyl sites for hydroxylation is 1. The van der Waals surface area contributed by atoms with Crippen molar-refractivity contribution >= 4 is 11.6 Å². The van der Waals surface area contributed by atoms with E-state index in [9.17, 15) is 9.18 Å². The minimum absolute atomic E-state index is 0.147. The normalized spacial score (nSPS) is 9.67. The third-order valence-electron chi connectivity index (χ3n) is 2.72. The Balaban J connectivity index is 2.30. The SMILES string of the molecule is Cc1ccc(C#CCN)c(NC(=O)c2cncc(F)c2)c1. The van der Waals surface area contributed by atoms with Crippen molar-refractivity contribution in [2.45, 2.75) is 6.92 Å². The summed E-state index contributed by atoms with van der Waals surface area (Å²) in [7, 11) is 0. The van der Waals surface area contributed by atoms with Gasteiger partial charge in [-0.25, -0.2) is 4.39 Å². The van der Waals surface area contributed by atoms with Gasteiger partial charge in [0, 0.05) is 11.8 Å². The maximum Gasteiger partial charge on any atom is 0.257 e. The van der Waals surface area contributed by atoms with Crippen LogP contribution >= 0.6 is 0 Å². The molecule has 0 radical (unpaired) electrons. The molecule has 0 atom stereocenters. The molecule has 0 aliphatic heterocycles. The summed E-state index contributed by atoms with van der Waals surface area (Å²) in [4.78, 5) is 15.8. The number of amides is 1. The monoisotopic (exact) mass is 283 g/mol. The third kappa shape index (κ3) is 3.88. The summed E-state index contributed by atoms with van der Waals surface area (Å²) < 4.78 is 13.1. The molecule has 5 heteroatoms. The number of halogens is 1. The van der Waals surface area contributed by atoms with Gasteiger partial charge in [-0.2, -0.15) is 0 Å². The van der Waals surface area contributed by atoms with Crippen LogP contribution in [0.2, 0.25) is 0 Å². The van der Waals surface area contributed by atoms with Gasteiger partial charge in [-0.3, -0.25) is 9.78 Å². The van der Waals surface area contributed by atoms with Gasteiger partial charge in [0.2, 0.25) is 0 Å². The Labute approximate surface area is 122 Å². The van der Waals surface area contributed by atoms with Gasteiger partial charge in [-0.05, 0) is 30.7 Å². The first-order valence-corrected chi connectivity index (χ1v) is 6.31. The number of pyridine rings is 1. The second-order valence-corrected chi connectivity index (χ2v) is 4.40. The van der Waals surface area contributed by atoms with E-state index in [4.69, 9.17) is 5.73 Å². The lowest BCUT2D eigenvalue weighted by Gasteiger charge is -2.08. The molecule has 4 nitrogen and oxygen atoms in total. The van der Waals surface area contributed by atoms with Gasteiger partial charge in [0.25, 0.3) is 5.91 Å². The number of carbonyl (C=O) groups is 1. The van der Waals surface area contributed by atoms with E-state index in [0.29, 0.717) is 11.3 Å². The fourth-order valence-electron chi connectivity index (χ4n) is 1.75. The number of nitrogens with one attached hydrogen (secondary N) is 1. The summed E-state index contributed by atoms with van der Waals surface area (Å²) in [6.45, 7) is 2.13. The summed E-state index contributed by atoms with van der Waals surface area (Å²) in [5, 5.41) is 2.71. The number of rotatable bonds is 2. The Kier molecular flexibility index (Phi) is 4.64. The maximum absolute atomic E-state index is 13.1. The Hall–Kier alpha value is -2.71. The topological polar surface area (TPSA) is 68.0 Å². The Morgan fingerprint density at radius 2 is 2.19 bits per heavy atom. The lowest BCUT2D eigenvalue weighted by molar-refractivity contribution is 0.102. The van der Waals surface area contributed by atoms with E-state index in [1.54, 1.807) is 12.1 Å². The molecule has 1 aromatic carbocycles. The van der Waals surface area contributed by atoms with Gasteiger partial charge in [-0.1, -0.05) is 17.9 Å². The molecule has 0 aliphatic carbocycles. The van der Waals surface area contributed by atoms with Crippen molar-refractivity contribution in [3.63, 3.8) is 0 Å². The molecule has 1 heterocycles. The number of carbonyl (C=O) groups excluding carboxylic acids is 1. The van der Waals surface area contributed by atoms with Crippen LogP contribution < -0.4 is 11.1 Å².